The molecule has 0 bridgehead atoms. The molecule has 0 aromatic heterocycles. The monoisotopic (exact) mass is 450 g/mol. The van der Waals surface area contributed by atoms with E-state index in [4.69, 9.17) is 16.3 Å². The van der Waals surface area contributed by atoms with Crippen molar-refractivity contribution >= 4 is 57.1 Å². The minimum Gasteiger partial charge on any atom is -0.503 e. The fraction of sp³-hybridized carbons (Fsp3) is 0.0556. The van der Waals surface area contributed by atoms with Gasteiger partial charge in [-0.25, -0.2) is 9.69 Å². The van der Waals surface area contributed by atoms with E-state index in [1.54, 1.807) is 12.1 Å². The predicted octanol–water partition coefficient (Wildman–Crippen LogP) is 3.48. The van der Waals surface area contributed by atoms with Crippen molar-refractivity contribution in [2.75, 3.05) is 12.0 Å². The van der Waals surface area contributed by atoms with Gasteiger partial charge in [-0.1, -0.05) is 17.7 Å². The summed E-state index contributed by atoms with van der Waals surface area (Å²) in [4.78, 5) is 38.0. The average Bonchev–Trinajstić information content (AvgIpc) is 2.61. The quantitative estimate of drug-likeness (QED) is 0.550. The Balaban J connectivity index is 2.06. The smallest absolute Gasteiger partial charge is 0.335 e. The molecule has 9 heteroatoms. The Bertz CT molecular complexity index is 1010. The molecule has 2 aromatic rings. The van der Waals surface area contributed by atoms with Crippen molar-refractivity contribution in [1.82, 2.24) is 5.32 Å². The molecular weight excluding hydrogens is 440 g/mol. The normalized spacial score (nSPS) is 15.9. The number of aromatic hydroxyl groups is 1. The molecular formula is C18H12BrClN2O5. The summed E-state index contributed by atoms with van der Waals surface area (Å²) in [5, 5.41) is 12.3. The van der Waals surface area contributed by atoms with Crippen LogP contribution in [0.2, 0.25) is 5.02 Å². The van der Waals surface area contributed by atoms with Crippen LogP contribution in [0, 0.1) is 0 Å². The van der Waals surface area contributed by atoms with Crippen LogP contribution in [-0.2, 0) is 9.59 Å². The zero-order valence-electron chi connectivity index (χ0n) is 13.8. The molecule has 0 saturated carbocycles. The maximum Gasteiger partial charge on any atom is 0.335 e. The molecule has 0 spiro atoms. The number of carbonyl (C=O) groups is 3. The second-order valence-electron chi connectivity index (χ2n) is 5.49. The Morgan fingerprint density at radius 1 is 1.22 bits per heavy atom. The number of barbiturate groups is 1. The number of nitrogens with one attached hydrogen (secondary N) is 1. The maximum absolute atomic E-state index is 12.8. The summed E-state index contributed by atoms with van der Waals surface area (Å²) in [6.45, 7) is 0. The zero-order valence-corrected chi connectivity index (χ0v) is 16.2. The van der Waals surface area contributed by atoms with E-state index in [9.17, 15) is 19.5 Å². The number of hydrogen-bond acceptors (Lipinski definition) is 5. The van der Waals surface area contributed by atoms with E-state index in [-0.39, 0.29) is 22.8 Å². The van der Waals surface area contributed by atoms with Crippen LogP contribution in [0.25, 0.3) is 6.08 Å². The highest BCUT2D eigenvalue weighted by atomic mass is 79.9. The molecule has 1 aliphatic heterocycles. The van der Waals surface area contributed by atoms with Crippen LogP contribution in [0.1, 0.15) is 5.56 Å². The fourth-order valence-corrected chi connectivity index (χ4v) is 3.15. The van der Waals surface area contributed by atoms with Crippen LogP contribution in [0.3, 0.4) is 0 Å². The van der Waals surface area contributed by atoms with Gasteiger partial charge in [-0.2, -0.15) is 0 Å². The molecule has 27 heavy (non-hydrogen) atoms. The number of nitrogens with zero attached hydrogens (tertiary/aromatic N) is 1. The van der Waals surface area contributed by atoms with Gasteiger partial charge in [0.05, 0.1) is 17.3 Å². The van der Waals surface area contributed by atoms with Crippen molar-refractivity contribution in [1.29, 1.82) is 0 Å². The fourth-order valence-electron chi connectivity index (χ4n) is 2.51. The van der Waals surface area contributed by atoms with Crippen molar-refractivity contribution in [3.05, 3.63) is 57.0 Å². The lowest BCUT2D eigenvalue weighted by Gasteiger charge is -2.26. The van der Waals surface area contributed by atoms with Gasteiger partial charge in [-0.3, -0.25) is 14.9 Å². The van der Waals surface area contributed by atoms with E-state index in [0.29, 0.717) is 15.1 Å². The number of benzene rings is 2. The largest absolute Gasteiger partial charge is 0.503 e. The first-order valence-corrected chi connectivity index (χ1v) is 8.72. The molecule has 4 amide bonds. The summed E-state index contributed by atoms with van der Waals surface area (Å²) in [5.74, 6) is -1.59. The number of hydrogen-bond donors (Lipinski definition) is 2. The van der Waals surface area contributed by atoms with Crippen molar-refractivity contribution < 1.29 is 24.2 Å². The van der Waals surface area contributed by atoms with Crippen LogP contribution in [0.4, 0.5) is 10.5 Å². The lowest BCUT2D eigenvalue weighted by molar-refractivity contribution is -0.122. The molecule has 0 atom stereocenters. The van der Waals surface area contributed by atoms with E-state index < -0.39 is 17.8 Å². The summed E-state index contributed by atoms with van der Waals surface area (Å²) in [6, 6.07) is 8.23. The summed E-state index contributed by atoms with van der Waals surface area (Å²) >= 11 is 9.10. The third-order valence-electron chi connectivity index (χ3n) is 3.75. The summed E-state index contributed by atoms with van der Waals surface area (Å²) < 4.78 is 5.38. The topological polar surface area (TPSA) is 95.9 Å². The Morgan fingerprint density at radius 3 is 2.63 bits per heavy atom. The van der Waals surface area contributed by atoms with Crippen LogP contribution in [-0.4, -0.2) is 30.1 Å². The number of imide groups is 2. The van der Waals surface area contributed by atoms with E-state index in [0.717, 1.165) is 4.90 Å². The lowest BCUT2D eigenvalue weighted by atomic mass is 10.1. The second kappa shape index (κ2) is 7.42. The number of phenolic OH excluding ortho intramolecular Hbond substituents is 1. The van der Waals surface area contributed by atoms with E-state index >= 15 is 0 Å². The SMILES string of the molecule is COc1cc(/C=C2/C(=O)NC(=O)N(c3cccc(Cl)c3)C2=O)cc(Br)c1O. The molecule has 1 heterocycles. The van der Waals surface area contributed by atoms with Gasteiger partial charge >= 0.3 is 6.03 Å². The van der Waals surface area contributed by atoms with Gasteiger partial charge < -0.3 is 9.84 Å². The van der Waals surface area contributed by atoms with Crippen molar-refractivity contribution in [2.45, 2.75) is 0 Å². The second-order valence-corrected chi connectivity index (χ2v) is 6.78. The Hall–Kier alpha value is -2.84. The molecule has 3 rings (SSSR count). The number of rotatable bonds is 3. The van der Waals surface area contributed by atoms with Crippen LogP contribution in [0.15, 0.2) is 46.4 Å². The summed E-state index contributed by atoms with van der Waals surface area (Å²) in [7, 11) is 1.37. The van der Waals surface area contributed by atoms with E-state index in [1.807, 2.05) is 0 Å². The number of methoxy groups -OCH3 is 1. The predicted molar refractivity (Wildman–Crippen MR) is 103 cm³/mol. The summed E-state index contributed by atoms with van der Waals surface area (Å²) in [5.41, 5.74) is 0.387. The minimum atomic E-state index is -0.867. The number of halogens is 2. The molecule has 2 N–H and O–H groups in total. The van der Waals surface area contributed by atoms with Gasteiger partial charge in [0.15, 0.2) is 11.5 Å². The van der Waals surface area contributed by atoms with Gasteiger partial charge in [-0.15, -0.1) is 0 Å². The number of carbonyl (C=O) groups excluding carboxylic acids is 3. The van der Waals surface area contributed by atoms with Gasteiger partial charge in [0.25, 0.3) is 11.8 Å². The first-order valence-electron chi connectivity index (χ1n) is 7.55. The molecule has 0 radical (unpaired) electrons. The number of phenols is 1. The van der Waals surface area contributed by atoms with Gasteiger partial charge in [0, 0.05) is 5.02 Å². The molecule has 1 fully saturated rings. The molecule has 1 aliphatic rings. The highest BCUT2D eigenvalue weighted by Crippen LogP contribution is 2.36. The maximum atomic E-state index is 12.8. The Morgan fingerprint density at radius 2 is 1.96 bits per heavy atom. The number of urea groups is 1. The van der Waals surface area contributed by atoms with E-state index in [1.165, 1.54) is 37.5 Å². The zero-order chi connectivity index (χ0) is 19.7. The van der Waals surface area contributed by atoms with Crippen molar-refractivity contribution in [3.63, 3.8) is 0 Å². The highest BCUT2D eigenvalue weighted by molar-refractivity contribution is 9.10. The standard InChI is InChI=1S/C18H12BrClN2O5/c1-27-14-7-9(6-13(19)15(14)23)5-12-16(24)21-18(26)22(17(12)25)11-4-2-3-10(20)8-11/h2-8,23H,1H3,(H,21,24,26)/b12-5-. The molecule has 0 unspecified atom stereocenters. The minimum absolute atomic E-state index is 0.116. The number of amides is 4. The third-order valence-corrected chi connectivity index (χ3v) is 4.59. The molecule has 138 valence electrons. The molecule has 2 aromatic carbocycles. The molecule has 1 saturated heterocycles. The van der Waals surface area contributed by atoms with Crippen LogP contribution >= 0.6 is 27.5 Å². The van der Waals surface area contributed by atoms with Crippen molar-refractivity contribution in [2.24, 2.45) is 0 Å². The average molecular weight is 452 g/mol. The number of ether oxygens (including phenoxy) is 1. The van der Waals surface area contributed by atoms with Gasteiger partial charge in [-0.05, 0) is 57.9 Å². The van der Waals surface area contributed by atoms with Crippen LogP contribution < -0.4 is 15.0 Å². The molecule has 0 aliphatic carbocycles. The summed E-state index contributed by atoms with van der Waals surface area (Å²) in [6.07, 6.45) is 1.30. The Kier molecular flexibility index (Phi) is 5.20. The first kappa shape index (κ1) is 18.9. The third kappa shape index (κ3) is 3.67. The number of anilines is 1. The van der Waals surface area contributed by atoms with Gasteiger partial charge in [0.1, 0.15) is 5.57 Å². The first-order chi connectivity index (χ1) is 12.8. The highest BCUT2D eigenvalue weighted by Gasteiger charge is 2.36. The van der Waals surface area contributed by atoms with Gasteiger partial charge in [0.2, 0.25) is 0 Å². The van der Waals surface area contributed by atoms with Crippen molar-refractivity contribution in [3.8, 4) is 11.5 Å². The van der Waals surface area contributed by atoms with Crippen LogP contribution in [0.5, 0.6) is 11.5 Å². The van der Waals surface area contributed by atoms with E-state index in [2.05, 4.69) is 21.2 Å². The molecule has 7 nitrogen and oxygen atoms in total. The Labute approximate surface area is 167 Å². The lowest BCUT2D eigenvalue weighted by Crippen LogP contribution is -2.54.